The smallest absolute Gasteiger partial charge is 0.243 e. The molecule has 1 saturated heterocycles. The Morgan fingerprint density at radius 2 is 1.50 bits per heavy atom. The zero-order valence-corrected chi connectivity index (χ0v) is 18.7. The lowest BCUT2D eigenvalue weighted by molar-refractivity contribution is 0.190. The van der Waals surface area contributed by atoms with Gasteiger partial charge in [-0.25, -0.2) is 12.8 Å². The molecule has 3 aromatic rings. The minimum atomic E-state index is -3.59. The van der Waals surface area contributed by atoms with Crippen LogP contribution in [0.3, 0.4) is 0 Å². The monoisotopic (exact) mass is 468 g/mol. The minimum Gasteiger partial charge on any atom is -0.300 e. The van der Waals surface area contributed by atoms with E-state index < -0.39 is 10.0 Å². The van der Waals surface area contributed by atoms with Gasteiger partial charge in [0.25, 0.3) is 0 Å². The number of nitrogens with zero attached hydrogens (tertiary/aromatic N) is 2. The lowest BCUT2D eigenvalue weighted by Gasteiger charge is -2.34. The van der Waals surface area contributed by atoms with Crippen LogP contribution in [0.15, 0.2) is 65.6 Å². The SMILES string of the molecule is Cl.O=S(=O)(c1cccc2c(Cl)cccc12)N1CCN(CCc2ccc(F)cc2)CC1. The molecule has 0 spiro atoms. The summed E-state index contributed by atoms with van der Waals surface area (Å²) in [6.07, 6.45) is 0.814. The van der Waals surface area contributed by atoms with Crippen molar-refractivity contribution in [2.45, 2.75) is 11.3 Å². The molecule has 3 aromatic carbocycles. The van der Waals surface area contributed by atoms with Crippen LogP contribution in [0.4, 0.5) is 4.39 Å². The molecule has 1 aliphatic heterocycles. The highest BCUT2D eigenvalue weighted by atomic mass is 35.5. The Hall–Kier alpha value is -1.70. The van der Waals surface area contributed by atoms with E-state index in [0.717, 1.165) is 23.9 Å². The van der Waals surface area contributed by atoms with Crippen molar-refractivity contribution in [3.63, 3.8) is 0 Å². The van der Waals surface area contributed by atoms with Crippen LogP contribution in [0.2, 0.25) is 5.02 Å². The van der Waals surface area contributed by atoms with Crippen LogP contribution in [0.1, 0.15) is 5.56 Å². The highest BCUT2D eigenvalue weighted by Gasteiger charge is 2.29. The number of sulfonamides is 1. The molecule has 0 saturated carbocycles. The molecule has 0 unspecified atom stereocenters. The average Bonchev–Trinajstić information content (AvgIpc) is 2.73. The maximum atomic E-state index is 13.3. The van der Waals surface area contributed by atoms with Crippen LogP contribution in [-0.2, 0) is 16.4 Å². The third-order valence-corrected chi connectivity index (χ3v) is 7.69. The predicted molar refractivity (Wildman–Crippen MR) is 122 cm³/mol. The third-order valence-electron chi connectivity index (χ3n) is 5.41. The summed E-state index contributed by atoms with van der Waals surface area (Å²) in [4.78, 5) is 2.55. The standard InChI is InChI=1S/C22H22ClFN2O2S.ClH/c23-21-5-1-4-20-19(21)3-2-6-22(20)29(27,28)26-15-13-25(14-16-26)12-11-17-7-9-18(24)10-8-17;/h1-10H,11-16H2;1H. The van der Waals surface area contributed by atoms with Crippen LogP contribution < -0.4 is 0 Å². The van der Waals surface area contributed by atoms with E-state index in [1.807, 2.05) is 6.07 Å². The number of fused-ring (bicyclic) bond motifs is 1. The Morgan fingerprint density at radius 3 is 2.20 bits per heavy atom. The Kier molecular flexibility index (Phi) is 7.37. The van der Waals surface area contributed by atoms with Gasteiger partial charge in [0.2, 0.25) is 10.0 Å². The fourth-order valence-corrected chi connectivity index (χ4v) is 5.60. The van der Waals surface area contributed by atoms with E-state index in [1.54, 1.807) is 46.8 Å². The molecule has 1 aliphatic rings. The second kappa shape index (κ2) is 9.62. The molecule has 1 heterocycles. The topological polar surface area (TPSA) is 40.6 Å². The highest BCUT2D eigenvalue weighted by Crippen LogP contribution is 2.30. The van der Waals surface area contributed by atoms with E-state index in [4.69, 9.17) is 11.6 Å². The van der Waals surface area contributed by atoms with Crippen LogP contribution >= 0.6 is 24.0 Å². The summed E-state index contributed by atoms with van der Waals surface area (Å²) in [7, 11) is -3.59. The van der Waals surface area contributed by atoms with Gasteiger partial charge < -0.3 is 4.90 Å². The second-order valence-electron chi connectivity index (χ2n) is 7.21. The number of halogens is 3. The number of rotatable bonds is 5. The fourth-order valence-electron chi connectivity index (χ4n) is 3.74. The Balaban J connectivity index is 0.00000256. The first-order valence-electron chi connectivity index (χ1n) is 9.59. The molecule has 0 radical (unpaired) electrons. The van der Waals surface area contributed by atoms with Crippen molar-refractivity contribution in [3.8, 4) is 0 Å². The van der Waals surface area contributed by atoms with E-state index in [0.29, 0.717) is 41.5 Å². The molecule has 30 heavy (non-hydrogen) atoms. The molecule has 4 nitrogen and oxygen atoms in total. The van der Waals surface area contributed by atoms with Crippen molar-refractivity contribution in [2.75, 3.05) is 32.7 Å². The Labute approximate surface area is 187 Å². The summed E-state index contributed by atoms with van der Waals surface area (Å²) in [5.41, 5.74) is 1.08. The van der Waals surface area contributed by atoms with Gasteiger partial charge in [-0.3, -0.25) is 0 Å². The summed E-state index contributed by atoms with van der Waals surface area (Å²) in [5, 5.41) is 1.94. The zero-order chi connectivity index (χ0) is 20.4. The average molecular weight is 469 g/mol. The van der Waals surface area contributed by atoms with Gasteiger partial charge in [0.15, 0.2) is 0 Å². The van der Waals surface area contributed by atoms with Crippen molar-refractivity contribution < 1.29 is 12.8 Å². The molecule has 0 atom stereocenters. The summed E-state index contributed by atoms with van der Waals surface area (Å²) < 4.78 is 41.1. The molecule has 1 fully saturated rings. The number of hydrogen-bond donors (Lipinski definition) is 0. The first-order valence-corrected chi connectivity index (χ1v) is 11.4. The van der Waals surface area contributed by atoms with Gasteiger partial charge >= 0.3 is 0 Å². The van der Waals surface area contributed by atoms with E-state index in [-0.39, 0.29) is 18.2 Å². The third kappa shape index (κ3) is 4.79. The van der Waals surface area contributed by atoms with E-state index in [2.05, 4.69) is 4.90 Å². The normalized spacial score (nSPS) is 15.8. The largest absolute Gasteiger partial charge is 0.300 e. The Morgan fingerprint density at radius 1 is 0.867 bits per heavy atom. The maximum absolute atomic E-state index is 13.3. The molecule has 160 valence electrons. The van der Waals surface area contributed by atoms with E-state index in [1.165, 1.54) is 12.1 Å². The lowest BCUT2D eigenvalue weighted by atomic mass is 10.1. The molecular weight excluding hydrogens is 446 g/mol. The van der Waals surface area contributed by atoms with Gasteiger partial charge in [-0.1, -0.05) is 48.0 Å². The first kappa shape index (κ1) is 23.0. The van der Waals surface area contributed by atoms with Gasteiger partial charge in [0.05, 0.1) is 4.90 Å². The summed E-state index contributed by atoms with van der Waals surface area (Å²) >= 11 is 6.24. The van der Waals surface area contributed by atoms with Crippen LogP contribution in [0, 0.1) is 5.82 Å². The minimum absolute atomic E-state index is 0. The quantitative estimate of drug-likeness (QED) is 0.549. The van der Waals surface area contributed by atoms with Gasteiger partial charge in [0, 0.05) is 48.5 Å². The molecule has 8 heteroatoms. The van der Waals surface area contributed by atoms with Gasteiger partial charge in [0.1, 0.15) is 5.82 Å². The van der Waals surface area contributed by atoms with Gasteiger partial charge in [-0.05, 0) is 36.2 Å². The van der Waals surface area contributed by atoms with E-state index >= 15 is 0 Å². The predicted octanol–water partition coefficient (Wildman–Crippen LogP) is 4.60. The van der Waals surface area contributed by atoms with Crippen molar-refractivity contribution in [1.29, 1.82) is 0 Å². The number of hydrogen-bond acceptors (Lipinski definition) is 3. The van der Waals surface area contributed by atoms with E-state index in [9.17, 15) is 12.8 Å². The van der Waals surface area contributed by atoms with Gasteiger partial charge in [-0.15, -0.1) is 12.4 Å². The maximum Gasteiger partial charge on any atom is 0.243 e. The second-order valence-corrected chi connectivity index (χ2v) is 9.53. The lowest BCUT2D eigenvalue weighted by Crippen LogP contribution is -2.49. The molecule has 0 bridgehead atoms. The molecular formula is C22H23Cl2FN2O2S. The van der Waals surface area contributed by atoms with Crippen LogP contribution in [0.25, 0.3) is 10.8 Å². The zero-order valence-electron chi connectivity index (χ0n) is 16.3. The number of benzene rings is 3. The first-order chi connectivity index (χ1) is 13.9. The fraction of sp³-hybridized carbons (Fsp3) is 0.273. The Bertz CT molecular complexity index is 1120. The number of piperazine rings is 1. The highest BCUT2D eigenvalue weighted by molar-refractivity contribution is 7.89. The molecule has 0 aromatic heterocycles. The van der Waals surface area contributed by atoms with Crippen molar-refractivity contribution in [2.24, 2.45) is 0 Å². The van der Waals surface area contributed by atoms with Crippen molar-refractivity contribution in [1.82, 2.24) is 9.21 Å². The van der Waals surface area contributed by atoms with Crippen molar-refractivity contribution >= 4 is 44.8 Å². The summed E-state index contributed by atoms with van der Waals surface area (Å²) in [6.45, 7) is 3.06. The van der Waals surface area contributed by atoms with Gasteiger partial charge in [-0.2, -0.15) is 4.31 Å². The summed E-state index contributed by atoms with van der Waals surface area (Å²) in [6, 6.07) is 17.1. The molecule has 0 N–H and O–H groups in total. The summed E-state index contributed by atoms with van der Waals surface area (Å²) in [5.74, 6) is -0.234. The molecule has 4 rings (SSSR count). The van der Waals surface area contributed by atoms with Crippen LogP contribution in [-0.4, -0.2) is 50.3 Å². The van der Waals surface area contributed by atoms with Crippen molar-refractivity contribution in [3.05, 3.63) is 77.1 Å². The molecule has 0 aliphatic carbocycles. The molecule has 0 amide bonds. The van der Waals surface area contributed by atoms with Crippen LogP contribution in [0.5, 0.6) is 0 Å².